The Hall–Kier alpha value is -3.40. The third-order valence-electron chi connectivity index (χ3n) is 3.23. The maximum atomic E-state index is 12.3. The van der Waals surface area contributed by atoms with Crippen LogP contribution in [0.1, 0.15) is 17.7 Å². The van der Waals surface area contributed by atoms with Crippen LogP contribution in [0.15, 0.2) is 53.2 Å². The number of hydrogen-bond acceptors (Lipinski definition) is 5. The van der Waals surface area contributed by atoms with Crippen molar-refractivity contribution < 1.29 is 14.1 Å². The first-order valence-electron chi connectivity index (χ1n) is 7.21. The Kier molecular flexibility index (Phi) is 5.86. The molecule has 0 saturated carbocycles. The fourth-order valence-electron chi connectivity index (χ4n) is 2.06. The summed E-state index contributed by atoms with van der Waals surface area (Å²) in [6, 6.07) is 11.5. The summed E-state index contributed by atoms with van der Waals surface area (Å²) in [5.74, 6) is 0.318. The van der Waals surface area contributed by atoms with E-state index < -0.39 is 4.92 Å². The summed E-state index contributed by atoms with van der Waals surface area (Å²) < 4.78 is 5.22. The highest BCUT2D eigenvalue weighted by molar-refractivity contribution is 5.91. The number of nitrogens with zero attached hydrogens (tertiary/aromatic N) is 3. The number of amides is 1. The predicted molar refractivity (Wildman–Crippen MR) is 86.5 cm³/mol. The number of furan rings is 1. The summed E-state index contributed by atoms with van der Waals surface area (Å²) in [5.41, 5.74) is 0.511. The van der Waals surface area contributed by atoms with E-state index in [0.717, 1.165) is 0 Å². The Morgan fingerprint density at radius 1 is 1.38 bits per heavy atom. The van der Waals surface area contributed by atoms with Crippen molar-refractivity contribution in [3.8, 4) is 6.07 Å². The first-order chi connectivity index (χ1) is 11.6. The van der Waals surface area contributed by atoms with Crippen molar-refractivity contribution in [3.05, 3.63) is 70.2 Å². The number of benzene rings is 1. The van der Waals surface area contributed by atoms with E-state index in [4.69, 9.17) is 9.68 Å². The topological polar surface area (TPSA) is 100 Å². The average molecular weight is 325 g/mol. The predicted octanol–water partition coefficient (Wildman–Crippen LogP) is 3.14. The van der Waals surface area contributed by atoms with Crippen molar-refractivity contribution in [1.29, 1.82) is 5.26 Å². The molecule has 24 heavy (non-hydrogen) atoms. The zero-order valence-electron chi connectivity index (χ0n) is 12.8. The summed E-state index contributed by atoms with van der Waals surface area (Å²) in [6.07, 6.45) is 4.56. The summed E-state index contributed by atoms with van der Waals surface area (Å²) in [5, 5.41) is 19.5. The molecule has 1 aromatic carbocycles. The third kappa shape index (κ3) is 4.81. The molecule has 0 bridgehead atoms. The molecule has 1 aromatic heterocycles. The van der Waals surface area contributed by atoms with Crippen LogP contribution in [0, 0.1) is 21.4 Å². The van der Waals surface area contributed by atoms with Crippen LogP contribution in [0.5, 0.6) is 0 Å². The quantitative estimate of drug-likeness (QED) is 0.442. The molecule has 1 amide bonds. The van der Waals surface area contributed by atoms with Crippen molar-refractivity contribution in [2.24, 2.45) is 0 Å². The number of hydrogen-bond donors (Lipinski definition) is 0. The largest absolute Gasteiger partial charge is 0.467 e. The molecule has 0 unspecified atom stereocenters. The van der Waals surface area contributed by atoms with Crippen molar-refractivity contribution >= 4 is 17.7 Å². The second-order valence-corrected chi connectivity index (χ2v) is 4.93. The highest BCUT2D eigenvalue weighted by atomic mass is 16.6. The molecular formula is C17H15N3O4. The van der Waals surface area contributed by atoms with Gasteiger partial charge in [0.1, 0.15) is 5.76 Å². The Morgan fingerprint density at radius 2 is 2.21 bits per heavy atom. The standard InChI is InChI=1S/C17H15N3O4/c18-9-3-10-19(13-16-6-2-11-24-16)17(21)8-7-14-4-1-5-15(12-14)20(22)23/h1-2,4-8,11-12H,3,10,13H2/b8-7+. The lowest BCUT2D eigenvalue weighted by atomic mass is 10.2. The Morgan fingerprint density at radius 3 is 2.88 bits per heavy atom. The van der Waals surface area contributed by atoms with Crippen LogP contribution in [-0.2, 0) is 11.3 Å². The molecule has 0 radical (unpaired) electrons. The fraction of sp³-hybridized carbons (Fsp3) is 0.176. The monoisotopic (exact) mass is 325 g/mol. The highest BCUT2D eigenvalue weighted by Crippen LogP contribution is 2.14. The van der Waals surface area contributed by atoms with Gasteiger partial charge in [0.25, 0.3) is 5.69 Å². The maximum absolute atomic E-state index is 12.3. The molecule has 0 spiro atoms. The Labute approximate surface area is 138 Å². The minimum Gasteiger partial charge on any atom is -0.467 e. The molecule has 122 valence electrons. The Balaban J connectivity index is 2.09. The molecule has 0 saturated heterocycles. The summed E-state index contributed by atoms with van der Waals surface area (Å²) >= 11 is 0. The number of nitro benzene ring substituents is 1. The van der Waals surface area contributed by atoms with E-state index in [0.29, 0.717) is 11.3 Å². The first-order valence-corrected chi connectivity index (χ1v) is 7.21. The van der Waals surface area contributed by atoms with Crippen LogP contribution in [0.4, 0.5) is 5.69 Å². The van der Waals surface area contributed by atoms with Gasteiger partial charge in [0.05, 0.1) is 30.2 Å². The molecule has 2 aromatic rings. The molecule has 0 atom stereocenters. The lowest BCUT2D eigenvalue weighted by Crippen LogP contribution is -2.29. The lowest BCUT2D eigenvalue weighted by Gasteiger charge is -2.18. The number of nitriles is 1. The van der Waals surface area contributed by atoms with Crippen LogP contribution in [0.25, 0.3) is 6.08 Å². The van der Waals surface area contributed by atoms with Gasteiger partial charge >= 0.3 is 0 Å². The minimum atomic E-state index is -0.491. The van der Waals surface area contributed by atoms with Crippen LogP contribution < -0.4 is 0 Å². The Bertz CT molecular complexity index is 775. The molecule has 7 heteroatoms. The normalized spacial score (nSPS) is 10.5. The average Bonchev–Trinajstić information content (AvgIpc) is 3.09. The van der Waals surface area contributed by atoms with Gasteiger partial charge in [-0.2, -0.15) is 5.26 Å². The second kappa shape index (κ2) is 8.29. The number of non-ortho nitro benzene ring substituents is 1. The zero-order chi connectivity index (χ0) is 17.4. The maximum Gasteiger partial charge on any atom is 0.270 e. The van der Waals surface area contributed by atoms with E-state index in [9.17, 15) is 14.9 Å². The lowest BCUT2D eigenvalue weighted by molar-refractivity contribution is -0.384. The molecule has 7 nitrogen and oxygen atoms in total. The van der Waals surface area contributed by atoms with Crippen LogP contribution in [0.2, 0.25) is 0 Å². The van der Waals surface area contributed by atoms with Gasteiger partial charge in [0.2, 0.25) is 5.91 Å². The van der Waals surface area contributed by atoms with Gasteiger partial charge in [0.15, 0.2) is 0 Å². The number of carbonyl (C=O) groups excluding carboxylic acids is 1. The molecule has 0 aliphatic rings. The summed E-state index contributed by atoms with van der Waals surface area (Å²) in [4.78, 5) is 24.1. The second-order valence-electron chi connectivity index (χ2n) is 4.93. The molecule has 0 N–H and O–H groups in total. The molecule has 1 heterocycles. The van der Waals surface area contributed by atoms with E-state index in [-0.39, 0.29) is 31.1 Å². The molecular weight excluding hydrogens is 310 g/mol. The SMILES string of the molecule is N#CCCN(Cc1ccco1)C(=O)/C=C/c1cccc([N+](=O)[O-])c1. The van der Waals surface area contributed by atoms with Gasteiger partial charge in [-0.3, -0.25) is 14.9 Å². The highest BCUT2D eigenvalue weighted by Gasteiger charge is 2.12. The molecule has 0 fully saturated rings. The van der Waals surface area contributed by atoms with Crippen LogP contribution >= 0.6 is 0 Å². The van der Waals surface area contributed by atoms with Gasteiger partial charge in [-0.05, 0) is 23.8 Å². The zero-order valence-corrected chi connectivity index (χ0v) is 12.8. The van der Waals surface area contributed by atoms with Gasteiger partial charge in [-0.25, -0.2) is 0 Å². The minimum absolute atomic E-state index is 0.0403. The van der Waals surface area contributed by atoms with Crippen molar-refractivity contribution in [1.82, 2.24) is 4.90 Å². The van der Waals surface area contributed by atoms with E-state index >= 15 is 0 Å². The first kappa shape index (κ1) is 17.0. The molecule has 2 rings (SSSR count). The molecule has 0 aliphatic heterocycles. The molecule has 0 aliphatic carbocycles. The third-order valence-corrected chi connectivity index (χ3v) is 3.23. The number of rotatable bonds is 7. The van der Waals surface area contributed by atoms with E-state index in [1.807, 2.05) is 6.07 Å². The smallest absolute Gasteiger partial charge is 0.270 e. The van der Waals surface area contributed by atoms with Crippen molar-refractivity contribution in [3.63, 3.8) is 0 Å². The van der Waals surface area contributed by atoms with E-state index in [2.05, 4.69) is 0 Å². The fourth-order valence-corrected chi connectivity index (χ4v) is 2.06. The van der Waals surface area contributed by atoms with Gasteiger partial charge in [-0.15, -0.1) is 0 Å². The summed E-state index contributed by atoms with van der Waals surface area (Å²) in [6.45, 7) is 0.530. The number of nitro groups is 1. The van der Waals surface area contributed by atoms with Crippen LogP contribution in [0.3, 0.4) is 0 Å². The van der Waals surface area contributed by atoms with Gasteiger partial charge in [-0.1, -0.05) is 12.1 Å². The van der Waals surface area contributed by atoms with Crippen LogP contribution in [-0.4, -0.2) is 22.3 Å². The van der Waals surface area contributed by atoms with Gasteiger partial charge in [0, 0.05) is 24.8 Å². The van der Waals surface area contributed by atoms with E-state index in [1.165, 1.54) is 35.4 Å². The number of carbonyl (C=O) groups is 1. The van der Waals surface area contributed by atoms with E-state index in [1.54, 1.807) is 24.3 Å². The van der Waals surface area contributed by atoms with Gasteiger partial charge < -0.3 is 9.32 Å². The van der Waals surface area contributed by atoms with Crippen molar-refractivity contribution in [2.45, 2.75) is 13.0 Å². The van der Waals surface area contributed by atoms with Crippen molar-refractivity contribution in [2.75, 3.05) is 6.54 Å². The summed E-state index contributed by atoms with van der Waals surface area (Å²) in [7, 11) is 0.